The van der Waals surface area contributed by atoms with Crippen LogP contribution in [0.15, 0.2) is 0 Å². The first kappa shape index (κ1) is 7.76. The van der Waals surface area contributed by atoms with Crippen LogP contribution in [0.4, 0.5) is 0 Å². The summed E-state index contributed by atoms with van der Waals surface area (Å²) in [6, 6.07) is 0. The molecule has 0 atom stereocenters. The highest BCUT2D eigenvalue weighted by molar-refractivity contribution is 8.60. The molecule has 0 amide bonds. The first-order chi connectivity index (χ1) is 4.43. The van der Waals surface area contributed by atoms with Crippen LogP contribution in [0.5, 0.6) is 0 Å². The molecule has 3 heteroatoms. The van der Waals surface area contributed by atoms with Crippen molar-refractivity contribution in [2.45, 2.75) is 19.3 Å². The second-order valence-corrected chi connectivity index (χ2v) is 3.28. The first-order valence-electron chi connectivity index (χ1n) is 3.29. The van der Waals surface area contributed by atoms with Gasteiger partial charge in [-0.25, -0.2) is 5.88 Å². The van der Waals surface area contributed by atoms with Gasteiger partial charge in [-0.05, 0) is 25.9 Å². The van der Waals surface area contributed by atoms with E-state index in [9.17, 15) is 0 Å². The van der Waals surface area contributed by atoms with Gasteiger partial charge >= 0.3 is 0 Å². The van der Waals surface area contributed by atoms with Gasteiger partial charge in [0.05, 0.1) is 0 Å². The van der Waals surface area contributed by atoms with Gasteiger partial charge in [-0.2, -0.15) is 0 Å². The molecule has 0 saturated carbocycles. The van der Waals surface area contributed by atoms with Gasteiger partial charge in [0.2, 0.25) is 0 Å². The minimum Gasteiger partial charge on any atom is -0.754 e. The summed E-state index contributed by atoms with van der Waals surface area (Å²) in [5, 5.41) is 0. The zero-order valence-electron chi connectivity index (χ0n) is 5.38. The molecule has 1 fully saturated rings. The molecular formula is C6H11NS2-2. The lowest BCUT2D eigenvalue weighted by molar-refractivity contribution is 0.298. The van der Waals surface area contributed by atoms with Gasteiger partial charge < -0.3 is 27.4 Å². The predicted octanol–water partition coefficient (Wildman–Crippen LogP) is 1.79. The Morgan fingerprint density at radius 1 is 1.22 bits per heavy atom. The van der Waals surface area contributed by atoms with Crippen molar-refractivity contribution in [1.29, 1.82) is 0 Å². The fraction of sp³-hybridized carbons (Fsp3) is 0.833. The van der Waals surface area contributed by atoms with Crippen LogP contribution in [-0.4, -0.2) is 18.0 Å². The van der Waals surface area contributed by atoms with Gasteiger partial charge in [0.15, 0.2) is 0 Å². The SMILES string of the molecule is [S-]S[CH-]N1CCCCC1. The fourth-order valence-electron chi connectivity index (χ4n) is 1.08. The molecule has 1 aliphatic rings. The van der Waals surface area contributed by atoms with Gasteiger partial charge in [-0.15, -0.1) is 0 Å². The van der Waals surface area contributed by atoms with Crippen molar-refractivity contribution in [2.24, 2.45) is 0 Å². The summed E-state index contributed by atoms with van der Waals surface area (Å²) >= 11 is 4.75. The topological polar surface area (TPSA) is 3.24 Å². The minimum absolute atomic E-state index is 1.21. The summed E-state index contributed by atoms with van der Waals surface area (Å²) in [5.41, 5.74) is 0. The van der Waals surface area contributed by atoms with Crippen molar-refractivity contribution in [1.82, 2.24) is 4.90 Å². The Kier molecular flexibility index (Phi) is 3.86. The van der Waals surface area contributed by atoms with Crippen LogP contribution < -0.4 is 0 Å². The molecule has 0 bridgehead atoms. The third-order valence-electron chi connectivity index (χ3n) is 1.58. The molecule has 0 aromatic rings. The standard InChI is InChI=1S/C6H12NS2/c8-9-6-7-4-2-1-3-5-7/h6,8H,1-5H2/q-1/p-1. The monoisotopic (exact) mass is 161 g/mol. The minimum atomic E-state index is 1.21. The Bertz CT molecular complexity index is 68.7. The summed E-state index contributed by atoms with van der Waals surface area (Å²) in [4.78, 5) is 2.31. The molecule has 1 saturated heterocycles. The van der Waals surface area contributed by atoms with Crippen LogP contribution in [0.3, 0.4) is 0 Å². The number of piperidine rings is 1. The molecule has 0 aromatic carbocycles. The summed E-state index contributed by atoms with van der Waals surface area (Å²) in [5.74, 6) is 2.05. The Balaban J connectivity index is 2.08. The molecule has 1 rings (SSSR count). The smallest absolute Gasteiger partial charge is 0.0296 e. The summed E-state index contributed by atoms with van der Waals surface area (Å²) in [6.45, 7) is 2.42. The van der Waals surface area contributed by atoms with E-state index < -0.39 is 0 Å². The molecular weight excluding hydrogens is 150 g/mol. The zero-order valence-corrected chi connectivity index (χ0v) is 7.01. The molecule has 1 nitrogen and oxygen atoms in total. The van der Waals surface area contributed by atoms with E-state index in [0.29, 0.717) is 0 Å². The predicted molar refractivity (Wildman–Crippen MR) is 44.7 cm³/mol. The highest BCUT2D eigenvalue weighted by Gasteiger charge is 1.99. The van der Waals surface area contributed by atoms with E-state index in [1.54, 1.807) is 0 Å². The third kappa shape index (κ3) is 2.83. The average molecular weight is 161 g/mol. The van der Waals surface area contributed by atoms with Crippen LogP contribution in [0.2, 0.25) is 0 Å². The van der Waals surface area contributed by atoms with E-state index in [4.69, 9.17) is 11.7 Å². The maximum Gasteiger partial charge on any atom is -0.0296 e. The lowest BCUT2D eigenvalue weighted by atomic mass is 10.1. The maximum atomic E-state index is 4.75. The van der Waals surface area contributed by atoms with Crippen molar-refractivity contribution in [2.75, 3.05) is 13.1 Å². The summed E-state index contributed by atoms with van der Waals surface area (Å²) in [6.07, 6.45) is 4.07. The first-order valence-corrected chi connectivity index (χ1v) is 5.10. The van der Waals surface area contributed by atoms with E-state index in [-0.39, 0.29) is 0 Å². The fourth-order valence-corrected chi connectivity index (χ4v) is 1.78. The highest BCUT2D eigenvalue weighted by Crippen LogP contribution is 2.14. The number of nitrogens with zero attached hydrogens (tertiary/aromatic N) is 1. The Hall–Kier alpha value is 0.660. The van der Waals surface area contributed by atoms with E-state index >= 15 is 0 Å². The van der Waals surface area contributed by atoms with E-state index in [1.165, 1.54) is 43.1 Å². The highest BCUT2D eigenvalue weighted by atomic mass is 33.1. The number of rotatable bonds is 2. The number of likely N-dealkylation sites (tertiary alicyclic amines) is 1. The molecule has 9 heavy (non-hydrogen) atoms. The Morgan fingerprint density at radius 2 is 1.89 bits per heavy atom. The van der Waals surface area contributed by atoms with Crippen LogP contribution in [0.25, 0.3) is 0 Å². The molecule has 0 aromatic heterocycles. The van der Waals surface area contributed by atoms with E-state index in [2.05, 4.69) is 10.8 Å². The van der Waals surface area contributed by atoms with Gasteiger partial charge in [0.1, 0.15) is 0 Å². The second-order valence-electron chi connectivity index (χ2n) is 2.30. The summed E-state index contributed by atoms with van der Waals surface area (Å²) < 4.78 is 0. The lowest BCUT2D eigenvalue weighted by Crippen LogP contribution is -2.25. The van der Waals surface area contributed by atoms with Gasteiger partial charge in [0.25, 0.3) is 0 Å². The van der Waals surface area contributed by atoms with Crippen molar-refractivity contribution in [3.63, 3.8) is 0 Å². The molecule has 0 radical (unpaired) electrons. The quantitative estimate of drug-likeness (QED) is 0.345. The van der Waals surface area contributed by atoms with Gasteiger partial charge in [-0.3, -0.25) is 0 Å². The van der Waals surface area contributed by atoms with Crippen molar-refractivity contribution < 1.29 is 0 Å². The van der Waals surface area contributed by atoms with Crippen molar-refractivity contribution in [3.05, 3.63) is 5.88 Å². The van der Waals surface area contributed by atoms with E-state index in [0.717, 1.165) is 0 Å². The zero-order chi connectivity index (χ0) is 6.53. The molecule has 0 unspecified atom stereocenters. The van der Waals surface area contributed by atoms with Crippen molar-refractivity contribution >= 4 is 22.5 Å². The molecule has 0 aliphatic carbocycles. The van der Waals surface area contributed by atoms with Crippen LogP contribution in [0, 0.1) is 5.88 Å². The van der Waals surface area contributed by atoms with Crippen LogP contribution in [0.1, 0.15) is 19.3 Å². The molecule has 0 spiro atoms. The molecule has 54 valence electrons. The molecule has 0 N–H and O–H groups in total. The lowest BCUT2D eigenvalue weighted by Gasteiger charge is -2.38. The third-order valence-corrected chi connectivity index (χ3v) is 2.23. The van der Waals surface area contributed by atoms with Crippen molar-refractivity contribution in [3.8, 4) is 0 Å². The summed E-state index contributed by atoms with van der Waals surface area (Å²) in [7, 11) is 1.39. The van der Waals surface area contributed by atoms with Gasteiger partial charge in [0, 0.05) is 0 Å². The molecule has 1 aliphatic heterocycles. The Morgan fingerprint density at radius 3 is 2.44 bits per heavy atom. The van der Waals surface area contributed by atoms with Crippen LogP contribution >= 0.6 is 10.8 Å². The van der Waals surface area contributed by atoms with Crippen LogP contribution in [-0.2, 0) is 11.7 Å². The largest absolute Gasteiger partial charge is 0.754 e. The second kappa shape index (κ2) is 4.47. The Labute approximate surface area is 66.0 Å². The normalized spacial score (nSPS) is 22.3. The average Bonchev–Trinajstić information content (AvgIpc) is 1.91. The van der Waals surface area contributed by atoms with Gasteiger partial charge in [-0.1, -0.05) is 6.42 Å². The number of hydrogen-bond donors (Lipinski definition) is 0. The maximum absolute atomic E-state index is 4.75. The van der Waals surface area contributed by atoms with E-state index in [1.807, 2.05) is 0 Å². The number of hydrogen-bond acceptors (Lipinski definition) is 3. The molecule has 1 heterocycles.